The Labute approximate surface area is 200 Å². The van der Waals surface area contributed by atoms with E-state index >= 15 is 0 Å². The lowest BCUT2D eigenvalue weighted by atomic mass is 9.87. The molecule has 0 unspecified atom stereocenters. The van der Waals surface area contributed by atoms with E-state index in [-0.39, 0.29) is 16.8 Å². The molecule has 1 aliphatic rings. The monoisotopic (exact) mass is 474 g/mol. The lowest BCUT2D eigenvalue weighted by Gasteiger charge is -2.16. The molecule has 0 spiro atoms. The fraction of sp³-hybridized carbons (Fsp3) is 0.269. The molecule has 1 aliphatic heterocycles. The summed E-state index contributed by atoms with van der Waals surface area (Å²) in [5.74, 6) is 0.964. The van der Waals surface area contributed by atoms with Crippen molar-refractivity contribution < 1.29 is 13.2 Å². The van der Waals surface area contributed by atoms with E-state index in [9.17, 15) is 13.7 Å². The standard InChI is InChI=1S/C26H26N4O3S/c1-17(2)33-21-8-5-19-15-29-25(23(19)14-21)18-11-12-28-24(13-18)30-34(31,32)22-9-6-20(7-10-22)26(3,4)16-27/h5-14,17H,15H2,1-4H3,(H,28,30). The van der Waals surface area contributed by atoms with E-state index in [1.807, 2.05) is 32.0 Å². The van der Waals surface area contributed by atoms with E-state index in [0.717, 1.165) is 33.7 Å². The topological polar surface area (TPSA) is 104 Å². The van der Waals surface area contributed by atoms with Gasteiger partial charge in [-0.1, -0.05) is 18.2 Å². The fourth-order valence-electron chi connectivity index (χ4n) is 3.70. The van der Waals surface area contributed by atoms with Crippen LogP contribution in [0.4, 0.5) is 5.82 Å². The Morgan fingerprint density at radius 1 is 1.09 bits per heavy atom. The van der Waals surface area contributed by atoms with E-state index in [1.54, 1.807) is 44.3 Å². The van der Waals surface area contributed by atoms with Crippen LogP contribution in [0.1, 0.15) is 49.9 Å². The molecule has 1 N–H and O–H groups in total. The number of nitrogens with zero attached hydrogens (tertiary/aromatic N) is 3. The molecule has 2 aromatic carbocycles. The van der Waals surface area contributed by atoms with E-state index in [0.29, 0.717) is 6.54 Å². The van der Waals surface area contributed by atoms with Gasteiger partial charge in [-0.3, -0.25) is 9.71 Å². The number of anilines is 1. The van der Waals surface area contributed by atoms with Crippen molar-refractivity contribution in [3.8, 4) is 11.8 Å². The molecule has 174 valence electrons. The molecular formula is C26H26N4O3S. The van der Waals surface area contributed by atoms with E-state index < -0.39 is 15.4 Å². The largest absolute Gasteiger partial charge is 0.491 e. The summed E-state index contributed by atoms with van der Waals surface area (Å²) in [4.78, 5) is 8.95. The number of pyridine rings is 1. The number of rotatable bonds is 7. The van der Waals surface area contributed by atoms with Gasteiger partial charge >= 0.3 is 0 Å². The Balaban J connectivity index is 1.58. The molecule has 7 nitrogen and oxygen atoms in total. The summed E-state index contributed by atoms with van der Waals surface area (Å²) in [7, 11) is -3.86. The molecule has 0 saturated carbocycles. The maximum atomic E-state index is 12.9. The zero-order valence-electron chi connectivity index (χ0n) is 19.5. The van der Waals surface area contributed by atoms with E-state index in [4.69, 9.17) is 4.74 Å². The van der Waals surface area contributed by atoms with Gasteiger partial charge in [0.15, 0.2) is 0 Å². The summed E-state index contributed by atoms with van der Waals surface area (Å²) >= 11 is 0. The number of aromatic nitrogens is 1. The van der Waals surface area contributed by atoms with E-state index in [1.165, 1.54) is 12.1 Å². The van der Waals surface area contributed by atoms with Crippen molar-refractivity contribution in [3.63, 3.8) is 0 Å². The van der Waals surface area contributed by atoms with Gasteiger partial charge < -0.3 is 4.74 Å². The van der Waals surface area contributed by atoms with Gasteiger partial charge in [0.25, 0.3) is 10.0 Å². The maximum Gasteiger partial charge on any atom is 0.263 e. The molecule has 34 heavy (non-hydrogen) atoms. The summed E-state index contributed by atoms with van der Waals surface area (Å²) < 4.78 is 34.3. The predicted molar refractivity (Wildman–Crippen MR) is 132 cm³/mol. The van der Waals surface area contributed by atoms with Crippen molar-refractivity contribution >= 4 is 21.6 Å². The third-order valence-corrected chi connectivity index (χ3v) is 6.92. The van der Waals surface area contributed by atoms with Crippen molar-refractivity contribution in [2.24, 2.45) is 4.99 Å². The minimum atomic E-state index is -3.86. The SMILES string of the molecule is CC(C)Oc1ccc2c(c1)C(c1ccnc(NS(=O)(=O)c3ccc(C(C)(C)C#N)cc3)c1)=NC2. The van der Waals surface area contributed by atoms with Crippen LogP contribution in [-0.2, 0) is 22.0 Å². The molecule has 2 heterocycles. The zero-order valence-corrected chi connectivity index (χ0v) is 20.3. The first-order chi connectivity index (χ1) is 16.1. The summed E-state index contributed by atoms with van der Waals surface area (Å²) in [5.41, 5.74) is 3.63. The van der Waals surface area contributed by atoms with Crippen LogP contribution < -0.4 is 9.46 Å². The molecule has 0 bridgehead atoms. The third-order valence-electron chi connectivity index (χ3n) is 5.55. The molecule has 0 aliphatic carbocycles. The molecule has 0 radical (unpaired) electrons. The van der Waals surface area contributed by atoms with Crippen LogP contribution in [-0.4, -0.2) is 25.2 Å². The highest BCUT2D eigenvalue weighted by Crippen LogP contribution is 2.29. The minimum Gasteiger partial charge on any atom is -0.491 e. The third kappa shape index (κ3) is 4.80. The summed E-state index contributed by atoms with van der Waals surface area (Å²) in [6.07, 6.45) is 1.61. The Bertz CT molecular complexity index is 1400. The normalized spacial score (nSPS) is 13.2. The Kier molecular flexibility index (Phi) is 6.15. The predicted octanol–water partition coefficient (Wildman–Crippen LogP) is 4.82. The van der Waals surface area contributed by atoms with Gasteiger partial charge in [0.2, 0.25) is 0 Å². The van der Waals surface area contributed by atoms with Crippen molar-refractivity contribution in [1.29, 1.82) is 5.26 Å². The van der Waals surface area contributed by atoms with Gasteiger partial charge in [0.05, 0.1) is 34.7 Å². The van der Waals surface area contributed by atoms with Crippen molar-refractivity contribution in [2.75, 3.05) is 4.72 Å². The highest BCUT2D eigenvalue weighted by molar-refractivity contribution is 7.92. The van der Waals surface area contributed by atoms with Crippen LogP contribution in [0.3, 0.4) is 0 Å². The Hall–Kier alpha value is -3.70. The van der Waals surface area contributed by atoms with Gasteiger partial charge in [0.1, 0.15) is 11.6 Å². The van der Waals surface area contributed by atoms with Crippen LogP contribution >= 0.6 is 0 Å². The number of nitriles is 1. The second kappa shape index (κ2) is 8.92. The molecule has 0 atom stereocenters. The first-order valence-electron chi connectivity index (χ1n) is 10.9. The number of nitrogens with one attached hydrogen (secondary N) is 1. The molecule has 4 rings (SSSR count). The van der Waals surface area contributed by atoms with Crippen LogP contribution in [0.2, 0.25) is 0 Å². The van der Waals surface area contributed by atoms with Crippen LogP contribution in [0.5, 0.6) is 5.75 Å². The first kappa shape index (κ1) is 23.5. The highest BCUT2D eigenvalue weighted by Gasteiger charge is 2.23. The molecular weight excluding hydrogens is 448 g/mol. The van der Waals surface area contributed by atoms with Gasteiger partial charge in [-0.15, -0.1) is 0 Å². The summed E-state index contributed by atoms with van der Waals surface area (Å²) in [5, 5.41) is 9.30. The van der Waals surface area contributed by atoms with Crippen LogP contribution in [0.25, 0.3) is 0 Å². The lowest BCUT2D eigenvalue weighted by molar-refractivity contribution is 0.242. The number of fused-ring (bicyclic) bond motifs is 1. The van der Waals surface area contributed by atoms with Crippen molar-refractivity contribution in [2.45, 2.75) is 50.7 Å². The van der Waals surface area contributed by atoms with Crippen molar-refractivity contribution in [1.82, 2.24) is 4.98 Å². The second-order valence-electron chi connectivity index (χ2n) is 8.95. The quantitative estimate of drug-likeness (QED) is 0.528. The van der Waals surface area contributed by atoms with Crippen molar-refractivity contribution in [3.05, 3.63) is 83.0 Å². The molecule has 0 fully saturated rings. The van der Waals surface area contributed by atoms with Crippen LogP contribution in [0, 0.1) is 11.3 Å². The molecule has 1 aromatic heterocycles. The fourth-order valence-corrected chi connectivity index (χ4v) is 4.70. The highest BCUT2D eigenvalue weighted by atomic mass is 32.2. The number of hydrogen-bond donors (Lipinski definition) is 1. The Morgan fingerprint density at radius 3 is 2.50 bits per heavy atom. The van der Waals surface area contributed by atoms with Gasteiger partial charge in [0, 0.05) is 17.3 Å². The number of hydrogen-bond acceptors (Lipinski definition) is 6. The average Bonchev–Trinajstić information content (AvgIpc) is 3.22. The molecule has 8 heteroatoms. The molecule has 3 aromatic rings. The summed E-state index contributed by atoms with van der Waals surface area (Å²) in [6, 6.07) is 17.9. The van der Waals surface area contributed by atoms with Gasteiger partial charge in [-0.25, -0.2) is 13.4 Å². The van der Waals surface area contributed by atoms with Gasteiger partial charge in [-0.05, 0) is 75.2 Å². The lowest BCUT2D eigenvalue weighted by Crippen LogP contribution is -2.16. The molecule has 0 amide bonds. The zero-order chi connectivity index (χ0) is 24.5. The minimum absolute atomic E-state index is 0.0572. The van der Waals surface area contributed by atoms with E-state index in [2.05, 4.69) is 20.8 Å². The number of aliphatic imine (C=N–C) groups is 1. The smallest absolute Gasteiger partial charge is 0.263 e. The second-order valence-corrected chi connectivity index (χ2v) is 10.6. The average molecular weight is 475 g/mol. The maximum absolute atomic E-state index is 12.9. The molecule has 0 saturated heterocycles. The Morgan fingerprint density at radius 2 is 1.82 bits per heavy atom. The first-order valence-corrected chi connectivity index (χ1v) is 12.4. The van der Waals surface area contributed by atoms with Gasteiger partial charge in [-0.2, -0.15) is 5.26 Å². The number of sulfonamides is 1. The van der Waals surface area contributed by atoms with Crippen LogP contribution in [0.15, 0.2) is 70.7 Å². The number of benzene rings is 2. The number of ether oxygens (including phenoxy) is 1. The summed E-state index contributed by atoms with van der Waals surface area (Å²) in [6.45, 7) is 8.07.